The summed E-state index contributed by atoms with van der Waals surface area (Å²) in [6.45, 7) is 43.7. The monoisotopic (exact) mass is 1020 g/mol. The number of rotatable bonds is 5. The van der Waals surface area contributed by atoms with E-state index in [-0.39, 0.29) is 28.4 Å². The number of hydrogen-bond donors (Lipinski definition) is 0. The first-order chi connectivity index (χ1) is 36.8. The van der Waals surface area contributed by atoms with Crippen LogP contribution in [-0.2, 0) is 21.7 Å². The Kier molecular flexibility index (Phi) is 11.5. The van der Waals surface area contributed by atoms with Gasteiger partial charge in [0.05, 0.1) is 16.7 Å². The van der Waals surface area contributed by atoms with Crippen molar-refractivity contribution in [3.63, 3.8) is 0 Å². The topological polar surface area (TPSA) is 24.6 Å². The predicted octanol–water partition coefficient (Wildman–Crippen LogP) is 16.5. The molecule has 12 rings (SSSR count). The number of nitrogens with zero attached hydrogens (tertiary/aromatic N) is 3. The van der Waals surface area contributed by atoms with E-state index in [2.05, 4.69) is 259 Å². The minimum Gasteiger partial charge on any atom is -0.455 e. The van der Waals surface area contributed by atoms with Crippen LogP contribution in [0.25, 0.3) is 50.6 Å². The molecule has 0 atom stereocenters. The molecule has 390 valence electrons. The maximum Gasteiger partial charge on any atom is 0.252 e. The van der Waals surface area contributed by atoms with Gasteiger partial charge in [-0.1, -0.05) is 175 Å². The molecule has 2 aliphatic heterocycles. The highest BCUT2D eigenvalue weighted by Crippen LogP contribution is 2.50. The molecule has 10 aromatic rings. The first kappa shape index (κ1) is 51.0. The third-order valence-electron chi connectivity index (χ3n) is 17.0. The Bertz CT molecular complexity index is 4250. The quantitative estimate of drug-likeness (QED) is 0.161. The average molecular weight is 1020 g/mol. The zero-order chi connectivity index (χ0) is 55.3. The van der Waals surface area contributed by atoms with Crippen LogP contribution in [0.4, 0.5) is 34.1 Å². The standard InChI is InChI=1S/C73H74BN3O/c1-18-53(69-46(5)54-26-22-23-27-66(54)78-69)47-34-44(3)68(45(4)35-47)77-63-42-61-56(55-37-49(71(9,10)11)30-33-60(55)75(61)52-24-20-19-21-25-52)41-58(63)74-57-31-28-50(72(12,13)14)38-62(57)76(59-32-29-48(36-43(59)2)70(6,7)8)64-39-51(73(15,16)17)40-65(77)67(64)74/h18-42H,1,5H2,2-4,6-17H3/b69-53-. The van der Waals surface area contributed by atoms with Gasteiger partial charge in [-0.25, -0.2) is 0 Å². The minimum atomic E-state index is -0.188. The van der Waals surface area contributed by atoms with E-state index < -0.39 is 0 Å². The van der Waals surface area contributed by atoms with Crippen LogP contribution in [0, 0.1) is 20.8 Å². The van der Waals surface area contributed by atoms with Gasteiger partial charge < -0.3 is 18.8 Å². The number of benzene rings is 8. The number of hydrogen-bond acceptors (Lipinski definition) is 3. The van der Waals surface area contributed by atoms with Crippen molar-refractivity contribution in [3.05, 3.63) is 213 Å². The molecule has 4 nitrogen and oxygen atoms in total. The zero-order valence-corrected chi connectivity index (χ0v) is 48.7. The van der Waals surface area contributed by atoms with Crippen LogP contribution in [-0.4, -0.2) is 11.3 Å². The number of furan rings is 1. The number of fused-ring (bicyclic) bond motifs is 8. The lowest BCUT2D eigenvalue weighted by Gasteiger charge is -2.46. The Hall–Kier alpha value is -7.76. The second kappa shape index (κ2) is 17.6. The first-order valence-corrected chi connectivity index (χ1v) is 28.0. The molecule has 0 saturated heterocycles. The summed E-state index contributed by atoms with van der Waals surface area (Å²) < 4.78 is 9.09. The summed E-state index contributed by atoms with van der Waals surface area (Å²) in [4.78, 5) is 5.28. The lowest BCUT2D eigenvalue weighted by molar-refractivity contribution is 0.573. The van der Waals surface area contributed by atoms with E-state index in [1.807, 2.05) is 24.3 Å². The summed E-state index contributed by atoms with van der Waals surface area (Å²) in [5.74, 6) is 0. The zero-order valence-electron chi connectivity index (χ0n) is 48.7. The van der Waals surface area contributed by atoms with Crippen molar-refractivity contribution < 1.29 is 4.42 Å². The lowest BCUT2D eigenvalue weighted by Crippen LogP contribution is -2.61. The molecular formula is C73H74BN3O. The van der Waals surface area contributed by atoms with E-state index >= 15 is 0 Å². The van der Waals surface area contributed by atoms with Crippen LogP contribution >= 0.6 is 0 Å². The van der Waals surface area contributed by atoms with Gasteiger partial charge in [-0.05, 0) is 176 Å². The van der Waals surface area contributed by atoms with Crippen molar-refractivity contribution in [2.45, 2.75) is 126 Å². The van der Waals surface area contributed by atoms with Crippen molar-refractivity contribution >= 4 is 102 Å². The molecule has 0 fully saturated rings. The summed E-state index contributed by atoms with van der Waals surface area (Å²) in [6, 6.07) is 55.7. The summed E-state index contributed by atoms with van der Waals surface area (Å²) in [5.41, 5.74) is 26.7. The molecule has 0 bridgehead atoms. The fourth-order valence-electron chi connectivity index (χ4n) is 12.7. The second-order valence-corrected chi connectivity index (χ2v) is 26.6. The Morgan fingerprint density at radius 1 is 0.474 bits per heavy atom. The molecule has 0 saturated carbocycles. The smallest absolute Gasteiger partial charge is 0.252 e. The van der Waals surface area contributed by atoms with Crippen LogP contribution in [0.2, 0.25) is 0 Å². The van der Waals surface area contributed by atoms with Crippen molar-refractivity contribution in [3.8, 4) is 5.69 Å². The van der Waals surface area contributed by atoms with Gasteiger partial charge in [0.2, 0.25) is 0 Å². The molecule has 5 heteroatoms. The number of aryl methyl sites for hydroxylation is 3. The van der Waals surface area contributed by atoms with Crippen molar-refractivity contribution in [1.82, 2.24) is 4.57 Å². The molecule has 78 heavy (non-hydrogen) atoms. The molecule has 0 unspecified atom stereocenters. The third-order valence-corrected chi connectivity index (χ3v) is 17.0. The maximum absolute atomic E-state index is 6.60. The van der Waals surface area contributed by atoms with E-state index in [9.17, 15) is 0 Å². The van der Waals surface area contributed by atoms with Crippen LogP contribution in [0.1, 0.15) is 128 Å². The second-order valence-electron chi connectivity index (χ2n) is 26.6. The normalized spacial score (nSPS) is 14.1. The summed E-state index contributed by atoms with van der Waals surface area (Å²) in [7, 11) is 0. The van der Waals surface area contributed by atoms with Crippen molar-refractivity contribution in [1.29, 1.82) is 0 Å². The van der Waals surface area contributed by atoms with Crippen LogP contribution in [0.5, 0.6) is 0 Å². The van der Waals surface area contributed by atoms with Gasteiger partial charge in [0.1, 0.15) is 11.0 Å². The molecule has 4 heterocycles. The average Bonchev–Trinajstić information content (AvgIpc) is 3.50. The van der Waals surface area contributed by atoms with Crippen molar-refractivity contribution in [2.75, 3.05) is 9.80 Å². The Labute approximate surface area is 463 Å². The van der Waals surface area contributed by atoms with Crippen LogP contribution in [0.15, 0.2) is 163 Å². The van der Waals surface area contributed by atoms with Gasteiger partial charge in [-0.3, -0.25) is 0 Å². The summed E-state index contributed by atoms with van der Waals surface area (Å²) in [6.07, 6.45) is 1.93. The fourth-order valence-corrected chi connectivity index (χ4v) is 12.7. The number of para-hydroxylation sites is 2. The van der Waals surface area contributed by atoms with E-state index in [0.29, 0.717) is 0 Å². The lowest BCUT2D eigenvalue weighted by atomic mass is 9.33. The molecule has 0 radical (unpaired) electrons. The number of aromatic nitrogens is 1. The van der Waals surface area contributed by atoms with Crippen LogP contribution < -0.4 is 36.8 Å². The van der Waals surface area contributed by atoms with Gasteiger partial charge in [-0.2, -0.15) is 0 Å². The highest BCUT2D eigenvalue weighted by Gasteiger charge is 2.46. The van der Waals surface area contributed by atoms with E-state index in [1.54, 1.807) is 0 Å². The maximum atomic E-state index is 6.60. The number of allylic oxidation sites excluding steroid dienone is 1. The van der Waals surface area contributed by atoms with Gasteiger partial charge in [-0.15, -0.1) is 0 Å². The Morgan fingerprint density at radius 2 is 1.03 bits per heavy atom. The van der Waals surface area contributed by atoms with Gasteiger partial charge in [0.15, 0.2) is 0 Å². The predicted molar refractivity (Wildman–Crippen MR) is 338 cm³/mol. The molecular weight excluding hydrogens is 946 g/mol. The highest BCUT2D eigenvalue weighted by molar-refractivity contribution is 7.00. The molecule has 0 aliphatic carbocycles. The molecule has 0 amide bonds. The van der Waals surface area contributed by atoms with Gasteiger partial charge in [0, 0.05) is 61.1 Å². The minimum absolute atomic E-state index is 0.00296. The molecule has 0 spiro atoms. The van der Waals surface area contributed by atoms with E-state index in [0.717, 1.165) is 55.2 Å². The fraction of sp³-hybridized carbons (Fsp3) is 0.260. The van der Waals surface area contributed by atoms with E-state index in [4.69, 9.17) is 4.42 Å². The summed E-state index contributed by atoms with van der Waals surface area (Å²) >= 11 is 0. The van der Waals surface area contributed by atoms with Crippen LogP contribution in [0.3, 0.4) is 0 Å². The highest BCUT2D eigenvalue weighted by atomic mass is 16.3. The SMILES string of the molecule is C=C/C(c1cc(C)c(N2c3cc4c(cc3B3c5ccc(C(C)(C)C)cc5N(c5ccc(C(C)(C)C)cc5C)c5cc(C(C)(C)C)cc2c53)c2cc(C(C)(C)C)ccc2n4-c2ccccc2)c(C)c1)=c1/oc2ccccc2c1=C. The molecule has 8 aromatic carbocycles. The Morgan fingerprint density at radius 3 is 1.65 bits per heavy atom. The van der Waals surface area contributed by atoms with Gasteiger partial charge >= 0.3 is 0 Å². The molecule has 2 aliphatic rings. The molecule has 2 aromatic heterocycles. The summed E-state index contributed by atoms with van der Waals surface area (Å²) in [5, 5.41) is 4.40. The number of anilines is 6. The van der Waals surface area contributed by atoms with E-state index in [1.165, 1.54) is 94.4 Å². The Balaban J connectivity index is 1.24. The third kappa shape index (κ3) is 8.01. The largest absolute Gasteiger partial charge is 0.455 e. The van der Waals surface area contributed by atoms with Gasteiger partial charge in [0.25, 0.3) is 6.71 Å². The van der Waals surface area contributed by atoms with Crippen molar-refractivity contribution in [2.24, 2.45) is 0 Å². The first-order valence-electron chi connectivity index (χ1n) is 28.0. The molecule has 0 N–H and O–H groups in total.